The zero-order chi connectivity index (χ0) is 26.8. The van der Waals surface area contributed by atoms with Crippen molar-refractivity contribution in [2.24, 2.45) is 34.1 Å². The average molecular weight is 621 g/mol. The van der Waals surface area contributed by atoms with Crippen LogP contribution in [0.15, 0.2) is 16.6 Å². The molecule has 0 aromatic rings. The van der Waals surface area contributed by atoms with Gasteiger partial charge in [-0.05, 0) is 123 Å². The van der Waals surface area contributed by atoms with E-state index < -0.39 is 43.7 Å². The second-order valence-corrected chi connectivity index (χ2v) is 16.2. The third kappa shape index (κ3) is 4.29. The van der Waals surface area contributed by atoms with Crippen LogP contribution in [0.2, 0.25) is 0 Å². The molecule has 0 radical (unpaired) electrons. The van der Waals surface area contributed by atoms with Gasteiger partial charge in [0.25, 0.3) is 5.92 Å². The molecule has 0 saturated heterocycles. The van der Waals surface area contributed by atoms with Gasteiger partial charge >= 0.3 is 0 Å². The highest BCUT2D eigenvalue weighted by molar-refractivity contribution is 14.2. The lowest BCUT2D eigenvalue weighted by atomic mass is 9.48. The summed E-state index contributed by atoms with van der Waals surface area (Å²) < 4.78 is 38.8. The monoisotopic (exact) mass is 620 g/mol. The van der Waals surface area contributed by atoms with Crippen LogP contribution in [0.4, 0.5) is 8.78 Å². The Morgan fingerprint density at radius 2 is 1.89 bits per heavy atom. The Bertz CT molecular complexity index is 915. The van der Waals surface area contributed by atoms with Crippen LogP contribution in [0.1, 0.15) is 105 Å². The van der Waals surface area contributed by atoms with Gasteiger partial charge in [0.2, 0.25) is 0 Å². The molecule has 7 heteroatoms. The Labute approximate surface area is 226 Å². The van der Waals surface area contributed by atoms with Gasteiger partial charge in [0.05, 0.1) is 11.1 Å². The molecule has 4 aliphatic carbocycles. The molecule has 0 bridgehead atoms. The lowest BCUT2D eigenvalue weighted by Gasteiger charge is -2.63. The van der Waals surface area contributed by atoms with Crippen molar-refractivity contribution >= 4 is 27.8 Å². The number of allylic oxidation sites excluding steroid dienone is 1. The van der Waals surface area contributed by atoms with Crippen LogP contribution in [0.3, 0.4) is 0 Å². The minimum Gasteiger partial charge on any atom is -0.390 e. The standard InChI is InChI=1S/C29H47F2IN2O2/c1-19(17-29(30,31)24(2,3)35)21-12-14-28(34-6)23-11-10-20-18-25(4,36)13-8-7-9-22(20)27(23,32-33)16-15-26(21,28)5/h10,19,21-23,33,35-36H,6-9,11-18H2,1-5H3/t19-,21-,22-,23-,25+,26-,27+,28-/m1/s1. The number of rotatable bonds is 6. The molecule has 8 atom stereocenters. The minimum atomic E-state index is -3.15. The first-order chi connectivity index (χ1) is 16.6. The second kappa shape index (κ2) is 9.42. The van der Waals surface area contributed by atoms with E-state index in [1.165, 1.54) is 19.4 Å². The van der Waals surface area contributed by atoms with Gasteiger partial charge in [-0.2, -0.15) is 0 Å². The first-order valence-corrected chi connectivity index (χ1v) is 16.1. The summed E-state index contributed by atoms with van der Waals surface area (Å²) in [4.78, 5) is 4.94. The highest BCUT2D eigenvalue weighted by Gasteiger charge is 2.70. The maximum absolute atomic E-state index is 14.9. The van der Waals surface area contributed by atoms with Crippen molar-refractivity contribution in [3.8, 4) is 0 Å². The number of aliphatic hydroxyl groups is 2. The lowest BCUT2D eigenvalue weighted by molar-refractivity contribution is -0.177. The van der Waals surface area contributed by atoms with E-state index in [0.29, 0.717) is 12.3 Å². The molecule has 3 saturated carbocycles. The molecule has 0 aromatic heterocycles. The first kappa shape index (κ1) is 28.7. The summed E-state index contributed by atoms with van der Waals surface area (Å²) in [7, 11) is 0. The fraction of sp³-hybridized carbons (Fsp3) is 0.897. The van der Waals surface area contributed by atoms with Gasteiger partial charge in [0.15, 0.2) is 0 Å². The molecule has 4 nitrogen and oxygen atoms in total. The Morgan fingerprint density at radius 3 is 2.50 bits per heavy atom. The fourth-order valence-electron chi connectivity index (χ4n) is 9.09. The molecule has 4 rings (SSSR count). The third-order valence-electron chi connectivity index (χ3n) is 11.1. The van der Waals surface area contributed by atoms with E-state index in [1.54, 1.807) is 0 Å². The van der Waals surface area contributed by atoms with Gasteiger partial charge in [-0.3, -0.25) is 8.55 Å². The summed E-state index contributed by atoms with van der Waals surface area (Å²) in [6.45, 7) is 12.7. The zero-order valence-electron chi connectivity index (χ0n) is 22.8. The van der Waals surface area contributed by atoms with E-state index >= 15 is 0 Å². The topological polar surface area (TPSA) is 76.7 Å². The van der Waals surface area contributed by atoms with Crippen molar-refractivity contribution < 1.29 is 19.0 Å². The Hall–Kier alpha value is -0.280. The quantitative estimate of drug-likeness (QED) is 0.123. The minimum absolute atomic E-state index is 0.0848. The van der Waals surface area contributed by atoms with Gasteiger partial charge in [-0.1, -0.05) is 38.3 Å². The average Bonchev–Trinajstić information content (AvgIpc) is 3.08. The van der Waals surface area contributed by atoms with Crippen LogP contribution in [0.5, 0.6) is 0 Å². The summed E-state index contributed by atoms with van der Waals surface area (Å²) in [6.07, 6.45) is 11.1. The van der Waals surface area contributed by atoms with Crippen LogP contribution in [0.25, 0.3) is 0 Å². The Morgan fingerprint density at radius 1 is 1.19 bits per heavy atom. The molecule has 0 spiro atoms. The van der Waals surface area contributed by atoms with Crippen LogP contribution in [-0.4, -0.2) is 43.0 Å². The maximum Gasteiger partial charge on any atom is 0.275 e. The molecule has 36 heavy (non-hydrogen) atoms. The van der Waals surface area contributed by atoms with Crippen molar-refractivity contribution in [3.05, 3.63) is 11.6 Å². The highest BCUT2D eigenvalue weighted by atomic mass is 127. The number of hydrogen-bond acceptors (Lipinski definition) is 4. The maximum atomic E-state index is 14.9. The number of alkyl halides is 3. The van der Waals surface area contributed by atoms with Crippen LogP contribution in [-0.2, 0) is 0 Å². The first-order valence-electron chi connectivity index (χ1n) is 13.9. The van der Waals surface area contributed by atoms with Crippen molar-refractivity contribution in [2.75, 3.05) is 0 Å². The van der Waals surface area contributed by atoms with Gasteiger partial charge in [0, 0.05) is 15.8 Å². The molecule has 4 aliphatic rings. The number of halogens is 3. The fourth-order valence-corrected chi connectivity index (χ4v) is 11.9. The second-order valence-electron chi connectivity index (χ2n) is 13.7. The third-order valence-corrected chi connectivity index (χ3v) is 14.2. The van der Waals surface area contributed by atoms with Gasteiger partial charge in [0.1, 0.15) is 5.60 Å². The van der Waals surface area contributed by atoms with Crippen LogP contribution >= 0.6 is 21.0 Å². The van der Waals surface area contributed by atoms with Crippen LogP contribution < -0.4 is 0 Å². The summed E-state index contributed by atoms with van der Waals surface area (Å²) in [5.41, 5.74) is -2.01. The summed E-state index contributed by atoms with van der Waals surface area (Å²) >= 11 is -0.863. The SMILES string of the molecule is C=N[C@@]12CC[C@H]([C@H](C)CC(F)(F)C(C)(C)O)[C@@]1(C)CC[C@]1(I=N)[C@@H]3CCCC[C@](C)(O)CC3=CC[C@H]12. The number of nitrogens with zero attached hydrogens (tertiary/aromatic N) is 1. The molecule has 3 fully saturated rings. The largest absolute Gasteiger partial charge is 0.390 e. The Kier molecular flexibility index (Phi) is 7.52. The summed E-state index contributed by atoms with van der Waals surface area (Å²) in [5.74, 6) is -2.77. The van der Waals surface area contributed by atoms with Crippen molar-refractivity contribution in [1.82, 2.24) is 0 Å². The van der Waals surface area contributed by atoms with E-state index in [4.69, 9.17) is 8.55 Å². The molecule has 0 aromatic carbocycles. The molecule has 206 valence electrons. The van der Waals surface area contributed by atoms with E-state index in [9.17, 15) is 19.0 Å². The van der Waals surface area contributed by atoms with Gasteiger partial charge in [-0.25, -0.2) is 8.78 Å². The number of aliphatic imine (C=N–C) groups is 1. The van der Waals surface area contributed by atoms with Crippen molar-refractivity contribution in [3.63, 3.8) is 0 Å². The van der Waals surface area contributed by atoms with Crippen molar-refractivity contribution in [2.45, 2.75) is 131 Å². The predicted molar refractivity (Wildman–Crippen MR) is 150 cm³/mol. The summed E-state index contributed by atoms with van der Waals surface area (Å²) in [6, 6.07) is 0. The van der Waals surface area contributed by atoms with Gasteiger partial charge in [-0.15, -0.1) is 0 Å². The Balaban J connectivity index is 1.71. The number of fused-ring (bicyclic) bond motifs is 5. The zero-order valence-corrected chi connectivity index (χ0v) is 25.0. The number of nitrogens with one attached hydrogen (secondary N) is 1. The molecule has 0 unspecified atom stereocenters. The molecule has 0 aliphatic heterocycles. The molecular formula is C29H47F2IN2O2. The van der Waals surface area contributed by atoms with E-state index in [1.807, 2.05) is 13.8 Å². The predicted octanol–water partition coefficient (Wildman–Crippen LogP) is 7.82. The molecule has 0 heterocycles. The van der Waals surface area contributed by atoms with E-state index in [-0.39, 0.29) is 33.0 Å². The number of hydrogen-bond donors (Lipinski definition) is 3. The van der Waals surface area contributed by atoms with Gasteiger partial charge < -0.3 is 10.2 Å². The smallest absolute Gasteiger partial charge is 0.275 e. The normalized spacial score (nSPS) is 44.4. The lowest BCUT2D eigenvalue weighted by Crippen LogP contribution is -2.63. The molecule has 0 amide bonds. The molecule has 3 N–H and O–H groups in total. The molecular weight excluding hydrogens is 573 g/mol. The van der Waals surface area contributed by atoms with E-state index in [2.05, 4.69) is 19.7 Å². The van der Waals surface area contributed by atoms with E-state index in [0.717, 1.165) is 57.8 Å². The highest BCUT2D eigenvalue weighted by Crippen LogP contribution is 2.72. The van der Waals surface area contributed by atoms with Crippen LogP contribution in [0, 0.1) is 32.6 Å². The van der Waals surface area contributed by atoms with Crippen molar-refractivity contribution in [1.29, 1.82) is 3.56 Å². The summed E-state index contributed by atoms with van der Waals surface area (Å²) in [5, 5.41) is 21.1.